The number of esters is 1. The molecule has 2 aliphatic rings. The van der Waals surface area contributed by atoms with Gasteiger partial charge in [-0.2, -0.15) is 0 Å². The van der Waals surface area contributed by atoms with Gasteiger partial charge in [0.2, 0.25) is 0 Å². The molecule has 0 spiro atoms. The van der Waals surface area contributed by atoms with Crippen LogP contribution in [-0.4, -0.2) is 28.7 Å². The minimum Gasteiger partial charge on any atom is -0.461 e. The minimum atomic E-state index is -0.588. The monoisotopic (exact) mass is 204 g/mol. The van der Waals surface area contributed by atoms with Crippen molar-refractivity contribution in [1.82, 2.24) is 0 Å². The molecule has 0 aromatic rings. The summed E-state index contributed by atoms with van der Waals surface area (Å²) in [6, 6.07) is 0. The molecule has 0 unspecified atom stereocenters. The Balaban J connectivity index is 1.86. The van der Waals surface area contributed by atoms with E-state index in [-0.39, 0.29) is 18.2 Å². The average Bonchev–Trinajstić information content (AvgIpc) is 2.76. The van der Waals surface area contributed by atoms with Crippen LogP contribution in [0.15, 0.2) is 0 Å². The predicted molar refractivity (Wildman–Crippen MR) is 47.4 cm³/mol. The highest BCUT2D eigenvalue weighted by Gasteiger charge is 2.55. The number of hydrogen-bond acceptors (Lipinski definition) is 3. The number of carbonyl (C=O) groups excluding carboxylic acids is 1. The Morgan fingerprint density at radius 2 is 2.23 bits per heavy atom. The fourth-order valence-corrected chi connectivity index (χ4v) is 2.12. The lowest BCUT2D eigenvalue weighted by Gasteiger charge is -2.15. The van der Waals surface area contributed by atoms with Gasteiger partial charge in [0, 0.05) is 12.3 Å². The van der Waals surface area contributed by atoms with Crippen LogP contribution in [0.3, 0.4) is 0 Å². The molecule has 4 heteroatoms. The summed E-state index contributed by atoms with van der Waals surface area (Å²) in [6.45, 7) is 1.60. The summed E-state index contributed by atoms with van der Waals surface area (Å²) in [7, 11) is 0. The number of fused-ring (bicyclic) bond motifs is 1. The van der Waals surface area contributed by atoms with Crippen molar-refractivity contribution < 1.29 is 14.6 Å². The molecule has 0 aromatic heterocycles. The third-order valence-electron chi connectivity index (χ3n) is 2.93. The van der Waals surface area contributed by atoms with E-state index in [4.69, 9.17) is 16.3 Å². The van der Waals surface area contributed by atoms with E-state index >= 15 is 0 Å². The Bertz CT molecular complexity index is 229. The first kappa shape index (κ1) is 9.28. The summed E-state index contributed by atoms with van der Waals surface area (Å²) in [5.41, 5.74) is 0. The van der Waals surface area contributed by atoms with Crippen LogP contribution in [0.5, 0.6) is 0 Å². The van der Waals surface area contributed by atoms with Crippen molar-refractivity contribution in [1.29, 1.82) is 0 Å². The van der Waals surface area contributed by atoms with Crippen molar-refractivity contribution in [3.63, 3.8) is 0 Å². The number of ether oxygens (including phenoxy) is 1. The topological polar surface area (TPSA) is 46.5 Å². The molecule has 2 fully saturated rings. The highest BCUT2D eigenvalue weighted by Crippen LogP contribution is 2.53. The molecule has 13 heavy (non-hydrogen) atoms. The van der Waals surface area contributed by atoms with E-state index in [1.807, 2.05) is 0 Å². The molecule has 0 amide bonds. The SMILES string of the molecule is C[C@@H](Cl)C(=O)O[C@@H]1C[C@H](O)[C@H]2C[C@H]21. The molecular weight excluding hydrogens is 192 g/mol. The molecule has 0 heterocycles. The van der Waals surface area contributed by atoms with Gasteiger partial charge in [0.15, 0.2) is 0 Å². The third kappa shape index (κ3) is 1.67. The van der Waals surface area contributed by atoms with Gasteiger partial charge in [-0.15, -0.1) is 11.6 Å². The quantitative estimate of drug-likeness (QED) is 0.538. The maximum Gasteiger partial charge on any atom is 0.324 e. The number of hydrogen-bond donors (Lipinski definition) is 1. The number of aliphatic hydroxyl groups is 1. The molecule has 0 radical (unpaired) electrons. The van der Waals surface area contributed by atoms with Gasteiger partial charge in [-0.25, -0.2) is 0 Å². The normalized spacial score (nSPS) is 43.9. The molecule has 2 aliphatic carbocycles. The molecule has 2 rings (SSSR count). The molecule has 1 N–H and O–H groups in total. The van der Waals surface area contributed by atoms with Gasteiger partial charge in [-0.1, -0.05) is 0 Å². The predicted octanol–water partition coefficient (Wildman–Crippen LogP) is 0.926. The lowest BCUT2D eigenvalue weighted by Crippen LogP contribution is -2.24. The maximum atomic E-state index is 11.1. The fraction of sp³-hybridized carbons (Fsp3) is 0.889. The summed E-state index contributed by atoms with van der Waals surface area (Å²) in [5, 5.41) is 8.85. The Hall–Kier alpha value is -0.280. The average molecular weight is 205 g/mol. The van der Waals surface area contributed by atoms with Crippen LogP contribution in [0.25, 0.3) is 0 Å². The van der Waals surface area contributed by atoms with Crippen molar-refractivity contribution in [2.75, 3.05) is 0 Å². The Morgan fingerprint density at radius 1 is 1.54 bits per heavy atom. The van der Waals surface area contributed by atoms with Crippen LogP contribution >= 0.6 is 11.6 Å². The first-order valence-corrected chi connectivity index (χ1v) is 5.06. The summed E-state index contributed by atoms with van der Waals surface area (Å²) in [4.78, 5) is 11.1. The third-order valence-corrected chi connectivity index (χ3v) is 3.11. The second kappa shape index (κ2) is 3.14. The van der Waals surface area contributed by atoms with Crippen molar-refractivity contribution in [3.05, 3.63) is 0 Å². The van der Waals surface area contributed by atoms with E-state index in [1.165, 1.54) is 0 Å². The fourth-order valence-electron chi connectivity index (χ4n) is 2.07. The van der Waals surface area contributed by atoms with Crippen molar-refractivity contribution >= 4 is 17.6 Å². The van der Waals surface area contributed by atoms with E-state index < -0.39 is 5.38 Å². The summed E-state index contributed by atoms with van der Waals surface area (Å²) in [5.74, 6) is 0.407. The highest BCUT2D eigenvalue weighted by molar-refractivity contribution is 6.29. The molecule has 0 bridgehead atoms. The molecule has 2 saturated carbocycles. The van der Waals surface area contributed by atoms with Gasteiger partial charge >= 0.3 is 5.97 Å². The molecule has 0 saturated heterocycles. The standard InChI is InChI=1S/C9H13ClO3/c1-4(10)9(12)13-8-3-7(11)5-2-6(5)8/h4-8,11H,2-3H2,1H3/t4-,5+,6-,7+,8-/m1/s1. The van der Waals surface area contributed by atoms with Crippen LogP contribution in [0, 0.1) is 11.8 Å². The first-order valence-electron chi connectivity index (χ1n) is 4.62. The number of carbonyl (C=O) groups is 1. The Labute approximate surface area is 82.0 Å². The van der Waals surface area contributed by atoms with Crippen LogP contribution in [0.4, 0.5) is 0 Å². The molecule has 0 aliphatic heterocycles. The van der Waals surface area contributed by atoms with Gasteiger partial charge in [-0.05, 0) is 19.3 Å². The van der Waals surface area contributed by atoms with E-state index in [1.54, 1.807) is 6.92 Å². The zero-order valence-electron chi connectivity index (χ0n) is 7.44. The summed E-state index contributed by atoms with van der Waals surface area (Å²) in [6.07, 6.45) is 1.22. The molecular formula is C9H13ClO3. The number of rotatable bonds is 2. The lowest BCUT2D eigenvalue weighted by molar-refractivity contribution is -0.149. The Morgan fingerprint density at radius 3 is 2.62 bits per heavy atom. The molecule has 0 aromatic carbocycles. The van der Waals surface area contributed by atoms with E-state index in [0.717, 1.165) is 6.42 Å². The van der Waals surface area contributed by atoms with Crippen LogP contribution in [0.2, 0.25) is 0 Å². The number of alkyl halides is 1. The van der Waals surface area contributed by atoms with Crippen molar-refractivity contribution in [3.8, 4) is 0 Å². The lowest BCUT2D eigenvalue weighted by atomic mass is 10.2. The van der Waals surface area contributed by atoms with Crippen molar-refractivity contribution in [2.24, 2.45) is 11.8 Å². The Kier molecular flexibility index (Phi) is 2.24. The second-order valence-electron chi connectivity index (χ2n) is 3.96. The molecule has 5 atom stereocenters. The van der Waals surface area contributed by atoms with Crippen molar-refractivity contribution in [2.45, 2.75) is 37.4 Å². The zero-order chi connectivity index (χ0) is 9.59. The van der Waals surface area contributed by atoms with Gasteiger partial charge < -0.3 is 9.84 Å². The molecule has 74 valence electrons. The van der Waals surface area contributed by atoms with Gasteiger partial charge in [0.25, 0.3) is 0 Å². The molecule has 3 nitrogen and oxygen atoms in total. The van der Waals surface area contributed by atoms with Gasteiger partial charge in [0.1, 0.15) is 11.5 Å². The van der Waals surface area contributed by atoms with Gasteiger partial charge in [-0.3, -0.25) is 4.79 Å². The second-order valence-corrected chi connectivity index (χ2v) is 4.61. The van der Waals surface area contributed by atoms with Crippen LogP contribution in [-0.2, 0) is 9.53 Å². The zero-order valence-corrected chi connectivity index (χ0v) is 8.20. The first-order chi connectivity index (χ1) is 6.09. The number of halogens is 1. The number of aliphatic hydroxyl groups excluding tert-OH is 1. The minimum absolute atomic E-state index is 0.0892. The highest BCUT2D eigenvalue weighted by atomic mass is 35.5. The smallest absolute Gasteiger partial charge is 0.324 e. The summed E-state index contributed by atoms with van der Waals surface area (Å²) < 4.78 is 5.17. The van der Waals surface area contributed by atoms with E-state index in [2.05, 4.69) is 0 Å². The van der Waals surface area contributed by atoms with Gasteiger partial charge in [0.05, 0.1) is 6.10 Å². The largest absolute Gasteiger partial charge is 0.461 e. The van der Waals surface area contributed by atoms with E-state index in [0.29, 0.717) is 18.3 Å². The van der Waals surface area contributed by atoms with Crippen LogP contribution < -0.4 is 0 Å². The summed E-state index contributed by atoms with van der Waals surface area (Å²) >= 11 is 5.57. The maximum absolute atomic E-state index is 11.1. The van der Waals surface area contributed by atoms with Crippen LogP contribution in [0.1, 0.15) is 19.8 Å². The van der Waals surface area contributed by atoms with E-state index in [9.17, 15) is 9.90 Å².